The lowest BCUT2D eigenvalue weighted by molar-refractivity contribution is -0.152. The summed E-state index contributed by atoms with van der Waals surface area (Å²) in [5, 5.41) is 0. The van der Waals surface area contributed by atoms with Gasteiger partial charge in [0.2, 0.25) is 0 Å². The van der Waals surface area contributed by atoms with Crippen LogP contribution >= 0.6 is 0 Å². The van der Waals surface area contributed by atoms with Crippen molar-refractivity contribution in [3.8, 4) is 0 Å². The molecule has 0 aromatic rings. The predicted molar refractivity (Wildman–Crippen MR) is 35.6 cm³/mol. The molecule has 3 nitrogen and oxygen atoms in total. The van der Waals surface area contributed by atoms with Crippen molar-refractivity contribution in [2.45, 2.75) is 32.0 Å². The molecule has 2 atom stereocenters. The molecule has 0 aromatic heterocycles. The van der Waals surface area contributed by atoms with E-state index in [9.17, 15) is 4.79 Å². The molecule has 1 aliphatic heterocycles. The fraction of sp³-hybridized carbons (Fsp3) is 0.857. The smallest absolute Gasteiger partial charge is 0.334 e. The van der Waals surface area contributed by atoms with E-state index in [-0.39, 0.29) is 18.2 Å². The number of esters is 1. The van der Waals surface area contributed by atoms with Crippen molar-refractivity contribution in [3.63, 3.8) is 0 Å². The van der Waals surface area contributed by atoms with E-state index in [1.807, 2.05) is 6.92 Å². The Morgan fingerprint density at radius 3 is 2.70 bits per heavy atom. The highest BCUT2D eigenvalue weighted by molar-refractivity contribution is 5.74. The Morgan fingerprint density at radius 2 is 2.30 bits per heavy atom. The quantitative estimate of drug-likeness (QED) is 0.509. The minimum Gasteiger partial charge on any atom is -0.467 e. The van der Waals surface area contributed by atoms with Gasteiger partial charge in [-0.15, -0.1) is 0 Å². The van der Waals surface area contributed by atoms with E-state index in [0.29, 0.717) is 0 Å². The van der Waals surface area contributed by atoms with Crippen LogP contribution in [0, 0.1) is 0 Å². The average Bonchev–Trinajstić information content (AvgIpc) is 2.34. The van der Waals surface area contributed by atoms with E-state index >= 15 is 0 Å². The lowest BCUT2D eigenvalue weighted by atomic mass is 10.2. The molecule has 58 valence electrons. The van der Waals surface area contributed by atoms with Crippen molar-refractivity contribution in [3.05, 3.63) is 0 Å². The lowest BCUT2D eigenvalue weighted by Gasteiger charge is -2.06. The number of rotatable bonds is 1. The number of methoxy groups -OCH3 is 1. The molecule has 1 heterocycles. The third-order valence-corrected chi connectivity index (χ3v) is 1.70. The summed E-state index contributed by atoms with van der Waals surface area (Å²) in [6.45, 7) is 1.96. The summed E-state index contributed by atoms with van der Waals surface area (Å²) in [4.78, 5) is 10.8. The molecule has 0 N–H and O–H groups in total. The first kappa shape index (κ1) is 7.54. The van der Waals surface area contributed by atoms with Gasteiger partial charge >= 0.3 is 5.97 Å². The fourth-order valence-corrected chi connectivity index (χ4v) is 1.11. The molecule has 1 saturated heterocycles. The van der Waals surface area contributed by atoms with Gasteiger partial charge in [-0.1, -0.05) is 0 Å². The first-order chi connectivity index (χ1) is 4.74. The van der Waals surface area contributed by atoms with Crippen LogP contribution in [0.2, 0.25) is 0 Å². The molecule has 0 radical (unpaired) electrons. The molecule has 0 spiro atoms. The molecule has 0 aromatic carbocycles. The topological polar surface area (TPSA) is 35.5 Å². The van der Waals surface area contributed by atoms with E-state index in [1.54, 1.807) is 0 Å². The van der Waals surface area contributed by atoms with Gasteiger partial charge in [0.05, 0.1) is 13.2 Å². The van der Waals surface area contributed by atoms with Crippen LogP contribution in [0.25, 0.3) is 0 Å². The summed E-state index contributed by atoms with van der Waals surface area (Å²) < 4.78 is 9.76. The van der Waals surface area contributed by atoms with E-state index in [0.717, 1.165) is 12.8 Å². The molecule has 1 aliphatic rings. The number of carbonyl (C=O) groups excluding carboxylic acids is 1. The van der Waals surface area contributed by atoms with Crippen molar-refractivity contribution in [1.29, 1.82) is 0 Å². The summed E-state index contributed by atoms with van der Waals surface area (Å²) in [5.41, 5.74) is 0. The number of carbonyl (C=O) groups is 1. The maximum Gasteiger partial charge on any atom is 0.334 e. The second-order valence-electron chi connectivity index (χ2n) is 2.54. The van der Waals surface area contributed by atoms with Crippen LogP contribution in [0.1, 0.15) is 19.8 Å². The molecule has 0 bridgehead atoms. The average molecular weight is 144 g/mol. The molecule has 0 amide bonds. The Balaban J connectivity index is 2.37. The van der Waals surface area contributed by atoms with Gasteiger partial charge in [-0.2, -0.15) is 0 Å². The monoisotopic (exact) mass is 144 g/mol. The minimum atomic E-state index is -0.306. The van der Waals surface area contributed by atoms with E-state index < -0.39 is 0 Å². The molecule has 0 saturated carbocycles. The SMILES string of the molecule is COC(=O)[C@H]1CC[C@@H](C)O1. The number of hydrogen-bond donors (Lipinski definition) is 0. The molecule has 1 rings (SSSR count). The molecular weight excluding hydrogens is 132 g/mol. The zero-order valence-corrected chi connectivity index (χ0v) is 6.29. The first-order valence-electron chi connectivity index (χ1n) is 3.47. The molecular formula is C7H12O3. The van der Waals surface area contributed by atoms with Gasteiger partial charge in [0.25, 0.3) is 0 Å². The van der Waals surface area contributed by atoms with Crippen molar-refractivity contribution in [2.75, 3.05) is 7.11 Å². The highest BCUT2D eigenvalue weighted by Crippen LogP contribution is 2.19. The maximum absolute atomic E-state index is 10.8. The summed E-state index contributed by atoms with van der Waals surface area (Å²) in [6, 6.07) is 0. The van der Waals surface area contributed by atoms with Gasteiger partial charge < -0.3 is 9.47 Å². The fourth-order valence-electron chi connectivity index (χ4n) is 1.11. The highest BCUT2D eigenvalue weighted by Gasteiger charge is 2.28. The zero-order chi connectivity index (χ0) is 7.56. The third kappa shape index (κ3) is 1.48. The van der Waals surface area contributed by atoms with Crippen molar-refractivity contribution < 1.29 is 14.3 Å². The molecule has 1 fully saturated rings. The summed E-state index contributed by atoms with van der Waals surface area (Å²) in [7, 11) is 1.38. The van der Waals surface area contributed by atoms with Gasteiger partial charge in [0.15, 0.2) is 6.10 Å². The van der Waals surface area contributed by atoms with Crippen LogP contribution in [0.3, 0.4) is 0 Å². The number of ether oxygens (including phenoxy) is 2. The van der Waals surface area contributed by atoms with Crippen LogP contribution in [-0.2, 0) is 14.3 Å². The maximum atomic E-state index is 10.8. The second kappa shape index (κ2) is 3.01. The third-order valence-electron chi connectivity index (χ3n) is 1.70. The van der Waals surface area contributed by atoms with E-state index in [1.165, 1.54) is 7.11 Å². The van der Waals surface area contributed by atoms with Crippen LogP contribution in [0.5, 0.6) is 0 Å². The summed E-state index contributed by atoms with van der Waals surface area (Å²) in [5.74, 6) is -0.246. The van der Waals surface area contributed by atoms with Gasteiger partial charge in [-0.25, -0.2) is 4.79 Å². The molecule has 10 heavy (non-hydrogen) atoms. The Morgan fingerprint density at radius 1 is 1.60 bits per heavy atom. The number of hydrogen-bond acceptors (Lipinski definition) is 3. The van der Waals surface area contributed by atoms with Crippen LogP contribution < -0.4 is 0 Å². The zero-order valence-electron chi connectivity index (χ0n) is 6.29. The van der Waals surface area contributed by atoms with Crippen molar-refractivity contribution in [1.82, 2.24) is 0 Å². The van der Waals surface area contributed by atoms with Crippen LogP contribution in [0.15, 0.2) is 0 Å². The standard InChI is InChI=1S/C7H12O3/c1-5-3-4-6(10-5)7(8)9-2/h5-6H,3-4H2,1-2H3/t5-,6-/m1/s1. The van der Waals surface area contributed by atoms with Crippen LogP contribution in [0.4, 0.5) is 0 Å². The Bertz CT molecular complexity index is 133. The predicted octanol–water partition coefficient (Wildman–Crippen LogP) is 0.727. The second-order valence-corrected chi connectivity index (χ2v) is 2.54. The largest absolute Gasteiger partial charge is 0.467 e. The molecule has 0 aliphatic carbocycles. The van der Waals surface area contributed by atoms with Gasteiger partial charge in [-0.3, -0.25) is 0 Å². The van der Waals surface area contributed by atoms with E-state index in [2.05, 4.69) is 4.74 Å². The van der Waals surface area contributed by atoms with Gasteiger partial charge in [0, 0.05) is 0 Å². The first-order valence-corrected chi connectivity index (χ1v) is 3.47. The Hall–Kier alpha value is -0.570. The molecule has 0 unspecified atom stereocenters. The van der Waals surface area contributed by atoms with Crippen molar-refractivity contribution >= 4 is 5.97 Å². The summed E-state index contributed by atoms with van der Waals surface area (Å²) in [6.07, 6.45) is 1.66. The van der Waals surface area contributed by atoms with Crippen LogP contribution in [-0.4, -0.2) is 25.3 Å². The van der Waals surface area contributed by atoms with Crippen molar-refractivity contribution in [2.24, 2.45) is 0 Å². The molecule has 3 heteroatoms. The highest BCUT2D eigenvalue weighted by atomic mass is 16.6. The van der Waals surface area contributed by atoms with Gasteiger partial charge in [0.1, 0.15) is 0 Å². The summed E-state index contributed by atoms with van der Waals surface area (Å²) >= 11 is 0. The lowest BCUT2D eigenvalue weighted by Crippen LogP contribution is -2.21. The van der Waals surface area contributed by atoms with Gasteiger partial charge in [-0.05, 0) is 19.8 Å². The Kier molecular flexibility index (Phi) is 2.27. The minimum absolute atomic E-state index is 0.212. The normalized spacial score (nSPS) is 32.2. The van der Waals surface area contributed by atoms with E-state index in [4.69, 9.17) is 4.74 Å². The Labute approximate surface area is 60.3 Å².